The molecule has 0 N–H and O–H groups in total. The van der Waals surface area contributed by atoms with E-state index in [0.717, 1.165) is 28.8 Å². The third-order valence-electron chi connectivity index (χ3n) is 6.07. The lowest BCUT2D eigenvalue weighted by molar-refractivity contribution is -0.122. The van der Waals surface area contributed by atoms with Crippen LogP contribution in [0, 0.1) is 0 Å². The van der Waals surface area contributed by atoms with Gasteiger partial charge in [0.2, 0.25) is 0 Å². The summed E-state index contributed by atoms with van der Waals surface area (Å²) in [5.74, 6) is 0.858. The van der Waals surface area contributed by atoms with Crippen molar-refractivity contribution in [3.63, 3.8) is 0 Å². The Bertz CT molecular complexity index is 1400. The van der Waals surface area contributed by atoms with Crippen molar-refractivity contribution in [1.29, 1.82) is 0 Å². The molecule has 0 aliphatic carbocycles. The minimum atomic E-state index is -0.204. The summed E-state index contributed by atoms with van der Waals surface area (Å²) in [6, 6.07) is 22.4. The van der Waals surface area contributed by atoms with Gasteiger partial charge in [0.1, 0.15) is 5.75 Å². The molecule has 6 heteroatoms. The number of methoxy groups -OCH3 is 1. The van der Waals surface area contributed by atoms with Crippen LogP contribution < -0.4 is 4.74 Å². The fraction of sp³-hybridized carbons (Fsp3) is 0.185. The second-order valence-electron chi connectivity index (χ2n) is 7.97. The third-order valence-corrected chi connectivity index (χ3v) is 6.37. The Balaban J connectivity index is 1.39. The zero-order valence-electron chi connectivity index (χ0n) is 18.6. The average Bonchev–Trinajstić information content (AvgIpc) is 3.30. The molecule has 1 amide bonds. The Hall–Kier alpha value is -3.64. The van der Waals surface area contributed by atoms with Crippen molar-refractivity contribution in [2.45, 2.75) is 19.9 Å². The van der Waals surface area contributed by atoms with Crippen molar-refractivity contribution in [3.05, 3.63) is 83.6 Å². The molecule has 0 saturated carbocycles. The van der Waals surface area contributed by atoms with Crippen LogP contribution in [0.15, 0.2) is 72.5 Å². The molecule has 0 atom stereocenters. The van der Waals surface area contributed by atoms with Crippen LogP contribution in [0.5, 0.6) is 5.75 Å². The maximum absolute atomic E-state index is 13.0. The first-order valence-corrected chi connectivity index (χ1v) is 11.4. The lowest BCUT2D eigenvalue weighted by Gasteiger charge is -2.12. The van der Waals surface area contributed by atoms with Crippen molar-refractivity contribution in [1.82, 2.24) is 9.47 Å². The van der Waals surface area contributed by atoms with Crippen LogP contribution in [-0.2, 0) is 22.5 Å². The molecular formula is C27H24N2O3S. The van der Waals surface area contributed by atoms with Gasteiger partial charge in [0.15, 0.2) is 5.76 Å². The predicted octanol–water partition coefficient (Wildman–Crippen LogP) is 5.55. The molecule has 4 aromatic rings. The zero-order valence-corrected chi connectivity index (χ0v) is 19.4. The zero-order chi connectivity index (χ0) is 22.9. The number of nitrogens with zero attached hydrogens (tertiary/aromatic N) is 2. The molecule has 0 bridgehead atoms. The van der Waals surface area contributed by atoms with Crippen LogP contribution in [0.4, 0.5) is 0 Å². The van der Waals surface area contributed by atoms with E-state index in [-0.39, 0.29) is 16.8 Å². The molecule has 33 heavy (non-hydrogen) atoms. The number of aromatic nitrogens is 1. The van der Waals surface area contributed by atoms with Crippen LogP contribution >= 0.6 is 12.2 Å². The summed E-state index contributed by atoms with van der Waals surface area (Å²) in [6.07, 6.45) is 2.45. The molecule has 0 spiro atoms. The van der Waals surface area contributed by atoms with Gasteiger partial charge in [-0.25, -0.2) is 0 Å². The highest BCUT2D eigenvalue weighted by molar-refractivity contribution is 7.80. The summed E-state index contributed by atoms with van der Waals surface area (Å²) in [5, 5.41) is 2.56. The molecule has 1 aliphatic rings. The highest BCUT2D eigenvalue weighted by atomic mass is 32.1. The van der Waals surface area contributed by atoms with Gasteiger partial charge in [-0.1, -0.05) is 36.4 Å². The maximum atomic E-state index is 13.0. The lowest BCUT2D eigenvalue weighted by atomic mass is 10.1. The number of rotatable bonds is 6. The van der Waals surface area contributed by atoms with E-state index in [9.17, 15) is 4.79 Å². The standard InChI is InChI=1S/C27H24N2O3S/c1-3-28-23-7-5-4-6-21(23)22-16-19(10-13-24(22)28)17-25-26(30)29(27(33)32-25)15-14-18-8-11-20(31-2)12-9-18/h4-13,16-17H,3,14-15H2,1-2H3. The molecule has 1 aromatic heterocycles. The normalized spacial score (nSPS) is 15.1. The van der Waals surface area contributed by atoms with Gasteiger partial charge in [-0.3, -0.25) is 9.69 Å². The number of hydrogen-bond acceptors (Lipinski definition) is 4. The Morgan fingerprint density at radius 2 is 1.76 bits per heavy atom. The second-order valence-corrected chi connectivity index (χ2v) is 8.32. The van der Waals surface area contributed by atoms with Crippen molar-refractivity contribution >= 4 is 51.2 Å². The summed E-state index contributed by atoms with van der Waals surface area (Å²) in [6.45, 7) is 3.50. The Morgan fingerprint density at radius 1 is 1.00 bits per heavy atom. The Kier molecular flexibility index (Phi) is 5.60. The van der Waals surface area contributed by atoms with E-state index in [0.29, 0.717) is 13.0 Å². The van der Waals surface area contributed by atoms with Crippen molar-refractivity contribution in [2.75, 3.05) is 13.7 Å². The molecule has 5 nitrogen and oxygen atoms in total. The second kappa shape index (κ2) is 8.71. The molecule has 1 saturated heterocycles. The highest BCUT2D eigenvalue weighted by Gasteiger charge is 2.33. The van der Waals surface area contributed by atoms with Gasteiger partial charge in [0, 0.05) is 34.9 Å². The van der Waals surface area contributed by atoms with Crippen LogP contribution in [0.25, 0.3) is 27.9 Å². The topological polar surface area (TPSA) is 43.7 Å². The van der Waals surface area contributed by atoms with Gasteiger partial charge in [-0.2, -0.15) is 0 Å². The van der Waals surface area contributed by atoms with Crippen molar-refractivity contribution in [3.8, 4) is 5.75 Å². The van der Waals surface area contributed by atoms with Gasteiger partial charge >= 0.3 is 0 Å². The van der Waals surface area contributed by atoms with E-state index < -0.39 is 0 Å². The van der Waals surface area contributed by atoms with Gasteiger partial charge in [0.05, 0.1) is 7.11 Å². The number of carbonyl (C=O) groups is 1. The smallest absolute Gasteiger partial charge is 0.297 e. The predicted molar refractivity (Wildman–Crippen MR) is 135 cm³/mol. The number of fused-ring (bicyclic) bond motifs is 3. The fourth-order valence-electron chi connectivity index (χ4n) is 4.38. The average molecular weight is 457 g/mol. The monoisotopic (exact) mass is 456 g/mol. The fourth-order valence-corrected chi connectivity index (χ4v) is 4.64. The van der Waals surface area contributed by atoms with E-state index >= 15 is 0 Å². The minimum absolute atomic E-state index is 0.198. The Labute approximate surface area is 197 Å². The molecule has 1 aliphatic heterocycles. The number of carbonyl (C=O) groups excluding carboxylic acids is 1. The van der Waals surface area contributed by atoms with Crippen molar-refractivity contribution in [2.24, 2.45) is 0 Å². The van der Waals surface area contributed by atoms with Gasteiger partial charge in [0.25, 0.3) is 11.1 Å². The first kappa shape index (κ1) is 21.2. The number of amides is 1. The molecule has 0 unspecified atom stereocenters. The molecular weight excluding hydrogens is 432 g/mol. The molecule has 1 fully saturated rings. The number of hydrogen-bond donors (Lipinski definition) is 0. The van der Waals surface area contributed by atoms with E-state index in [1.54, 1.807) is 13.2 Å². The summed E-state index contributed by atoms with van der Waals surface area (Å²) >= 11 is 5.34. The van der Waals surface area contributed by atoms with E-state index in [1.807, 2.05) is 30.3 Å². The maximum Gasteiger partial charge on any atom is 0.297 e. The molecule has 2 heterocycles. The molecule has 166 valence electrons. The highest BCUT2D eigenvalue weighted by Crippen LogP contribution is 2.31. The minimum Gasteiger partial charge on any atom is -0.497 e. The summed E-state index contributed by atoms with van der Waals surface area (Å²) in [5.41, 5.74) is 4.39. The first-order valence-electron chi connectivity index (χ1n) is 11.0. The largest absolute Gasteiger partial charge is 0.497 e. The summed E-state index contributed by atoms with van der Waals surface area (Å²) in [7, 11) is 1.64. The first-order chi connectivity index (χ1) is 16.1. The molecule has 3 aromatic carbocycles. The third kappa shape index (κ3) is 3.87. The van der Waals surface area contributed by atoms with E-state index in [4.69, 9.17) is 21.7 Å². The van der Waals surface area contributed by atoms with Gasteiger partial charge < -0.3 is 14.0 Å². The summed E-state index contributed by atoms with van der Waals surface area (Å²) in [4.78, 5) is 14.5. The quantitative estimate of drug-likeness (QED) is 0.282. The number of benzene rings is 3. The van der Waals surface area contributed by atoms with E-state index in [1.165, 1.54) is 21.3 Å². The SMILES string of the molecule is CCn1c2ccccc2c2cc(C=C3OC(=S)N(CCc4ccc(OC)cc4)C3=O)ccc21. The van der Waals surface area contributed by atoms with Crippen LogP contribution in [0.1, 0.15) is 18.1 Å². The van der Waals surface area contributed by atoms with Crippen molar-refractivity contribution < 1.29 is 14.3 Å². The number of ether oxygens (including phenoxy) is 2. The Morgan fingerprint density at radius 3 is 2.52 bits per heavy atom. The summed E-state index contributed by atoms with van der Waals surface area (Å²) < 4.78 is 13.2. The van der Waals surface area contributed by atoms with E-state index in [2.05, 4.69) is 47.9 Å². The van der Waals surface area contributed by atoms with Gasteiger partial charge in [-0.15, -0.1) is 0 Å². The number of thiocarbonyl (C=S) groups is 1. The van der Waals surface area contributed by atoms with Gasteiger partial charge in [-0.05, 0) is 73.1 Å². The molecule has 5 rings (SSSR count). The number of aryl methyl sites for hydroxylation is 1. The number of para-hydroxylation sites is 1. The van der Waals surface area contributed by atoms with Crippen LogP contribution in [0.2, 0.25) is 0 Å². The van der Waals surface area contributed by atoms with Crippen LogP contribution in [0.3, 0.4) is 0 Å². The van der Waals surface area contributed by atoms with Crippen LogP contribution in [-0.4, -0.2) is 34.2 Å². The lowest BCUT2D eigenvalue weighted by Crippen LogP contribution is -2.30. The molecule has 0 radical (unpaired) electrons.